The standard InChI is InChI=1S/2C4H12N2.2H2O.26O.10V/c2*5-3-1-2-4-6;;;;;;;;;;;;;;;;;;;;;;;;;;;;;;;;;;;;;;/h2*1-6H2;2*1H2;;;;;;;;;;;;;;;;;;;;;;;;;;;;;;;;;;;;/q;;;;26*-2;;;;;;;;;;/p+2. The molecule has 0 spiro atoms. The Morgan fingerprint density at radius 1 is 0.160 bits per heavy atom. The van der Waals surface area contributed by atoms with Crippen LogP contribution in [0.3, 0.4) is 0 Å². The van der Waals surface area contributed by atoms with Crippen molar-refractivity contribution in [1.82, 2.24) is 0 Å². The number of hydrogen-bond donors (Lipinski definition) is 4. The van der Waals surface area contributed by atoms with Crippen LogP contribution in [0.2, 0.25) is 0 Å². The summed E-state index contributed by atoms with van der Waals surface area (Å²) in [6.45, 7) is 4.26. The third-order valence-electron chi connectivity index (χ3n) is 1.50. The summed E-state index contributed by atoms with van der Waals surface area (Å²) < 4.78 is 0. The van der Waals surface area contributed by atoms with Gasteiger partial charge in [-0.3, -0.25) is 0 Å². The molecule has 0 aliphatic rings. The molecule has 0 amide bonds. The molecule has 0 fully saturated rings. The predicted molar refractivity (Wildman–Crippen MR) is 71.2 cm³/mol. The molecule has 350 valence electrons. The van der Waals surface area contributed by atoms with E-state index >= 15 is 0 Å². The number of rotatable bonds is 6. The van der Waals surface area contributed by atoms with Crippen LogP contribution in [0.25, 0.3) is 0 Å². The summed E-state index contributed by atoms with van der Waals surface area (Å²) in [6.07, 6.45) is 4.96. The fraction of sp³-hybridized carbons (Fsp3) is 1.00. The quantitative estimate of drug-likeness (QED) is 0.189. The van der Waals surface area contributed by atoms with Gasteiger partial charge < -0.3 is 176 Å². The van der Waals surface area contributed by atoms with Crippen LogP contribution in [0.15, 0.2) is 0 Å². The van der Waals surface area contributed by atoms with Gasteiger partial charge in [0.1, 0.15) is 0 Å². The van der Waals surface area contributed by atoms with E-state index in [4.69, 9.17) is 0 Å². The summed E-state index contributed by atoms with van der Waals surface area (Å²) in [4.78, 5) is 0. The fourth-order valence-corrected chi connectivity index (χ4v) is 0.707. The maximum Gasteiger partial charge on any atom is 0.0742 e. The van der Waals surface area contributed by atoms with Crippen LogP contribution in [-0.2, 0) is 328 Å². The van der Waals surface area contributed by atoms with E-state index < -0.39 is 0 Å². The van der Waals surface area contributed by atoms with Gasteiger partial charge in [-0.05, 0) is 0 Å². The second kappa shape index (κ2) is 938. The minimum absolute atomic E-state index is 0. The van der Waals surface area contributed by atoms with Gasteiger partial charge in [0.15, 0.2) is 0 Å². The van der Waals surface area contributed by atoms with E-state index in [-0.39, 0.29) is 339 Å². The SMILES string of the molecule is [NH3+]CCCC[NH3+].[NH3+]CCCC[NH3+].[O-2].[O-2].[O-2].[O-2].[O-2].[O-2].[O-2].[O-2].[O-2].[O-2].[O-2].[O-2].[O-2].[O-2].[O-2].[O-2].[O-2].[O-2].[O-2].[O-2].[O-2].[O-2].[O-2].[O-2].[O-2].[O-2].[OH-].[OH-].[V].[V].[V].[V].[V].[V].[V].[V].[V].[V]. The predicted octanol–water partition coefficient (Wildman–Crippen LogP) is -6.97. The molecule has 10 radical (unpaired) electrons. The van der Waals surface area contributed by atoms with Crippen molar-refractivity contribution < 1.29 is 362 Å². The maximum absolute atomic E-state index is 3.70. The molecule has 32 nitrogen and oxygen atoms in total. The minimum atomic E-state index is 0. The normalized spacial score (nSPS) is 2.16. The molecule has 0 saturated heterocycles. The van der Waals surface area contributed by atoms with Gasteiger partial charge in [-0.1, -0.05) is 0 Å². The molecular weight excluding hydrogens is 1110 g/mol. The Morgan fingerprint density at radius 3 is 0.220 bits per heavy atom. The van der Waals surface area contributed by atoms with Crippen molar-refractivity contribution >= 4 is 0 Å². The first-order chi connectivity index (χ1) is 5.83. The van der Waals surface area contributed by atoms with Gasteiger partial charge in [0, 0.05) is 211 Å². The van der Waals surface area contributed by atoms with Crippen LogP contribution in [0.1, 0.15) is 25.7 Å². The Bertz CT molecular complexity index is 114. The van der Waals surface area contributed by atoms with Crippen LogP contribution in [0, 0.1) is 0 Å². The molecule has 0 aliphatic carbocycles. The molecule has 0 rings (SSSR count). The molecule has 0 aliphatic heterocycles. The first kappa shape index (κ1) is 738. The molecule has 0 atom stereocenters. The zero-order valence-corrected chi connectivity index (χ0v) is 38.4. The van der Waals surface area contributed by atoms with Gasteiger partial charge in [0.25, 0.3) is 0 Å². The van der Waals surface area contributed by atoms with Crippen LogP contribution >= 0.6 is 0 Å². The van der Waals surface area contributed by atoms with Crippen LogP contribution in [-0.4, -0.2) is 37.1 Å². The summed E-state index contributed by atoms with van der Waals surface area (Å²) in [7, 11) is 0. The van der Waals surface area contributed by atoms with E-state index in [2.05, 4.69) is 22.9 Å². The number of quaternary nitrogens is 4. The van der Waals surface area contributed by atoms with Crippen molar-refractivity contribution in [2.24, 2.45) is 0 Å². The van der Waals surface area contributed by atoms with Gasteiger partial charge in [0.05, 0.1) is 26.2 Å². The second-order valence-electron chi connectivity index (χ2n) is 2.83. The fourth-order valence-electron chi connectivity index (χ4n) is 0.707. The summed E-state index contributed by atoms with van der Waals surface area (Å²) in [5, 5.41) is 0. The van der Waals surface area contributed by atoms with Gasteiger partial charge in [-0.2, -0.15) is 0 Å². The third-order valence-corrected chi connectivity index (χ3v) is 1.50. The maximum atomic E-state index is 3.70. The molecular formula is C8H30N4O28V10-50. The molecule has 0 bridgehead atoms. The Balaban J connectivity index is -0.000000000598. The molecule has 50 heavy (non-hydrogen) atoms. The van der Waals surface area contributed by atoms with Gasteiger partial charge >= 0.3 is 0 Å². The van der Waals surface area contributed by atoms with Crippen molar-refractivity contribution in [2.75, 3.05) is 26.2 Å². The van der Waals surface area contributed by atoms with Gasteiger partial charge in [-0.15, -0.1) is 0 Å². The Labute approximate surface area is 409 Å². The number of unbranched alkanes of at least 4 members (excludes halogenated alkanes) is 2. The van der Waals surface area contributed by atoms with E-state index in [9.17, 15) is 0 Å². The number of hydrogen-bond acceptors (Lipinski definition) is 2. The average molecular weight is 1140 g/mol. The van der Waals surface area contributed by atoms with Crippen molar-refractivity contribution in [1.29, 1.82) is 0 Å². The van der Waals surface area contributed by atoms with E-state index in [0.29, 0.717) is 0 Å². The Morgan fingerprint density at radius 2 is 0.200 bits per heavy atom. The zero-order chi connectivity index (χ0) is 9.66. The summed E-state index contributed by atoms with van der Waals surface area (Å²) >= 11 is 0. The second-order valence-corrected chi connectivity index (χ2v) is 2.83. The molecule has 0 unspecified atom stereocenters. The third kappa shape index (κ3) is 1250. The average Bonchev–Trinajstić information content (AvgIpc) is 2.12. The molecule has 0 saturated carbocycles. The van der Waals surface area contributed by atoms with Crippen molar-refractivity contribution in [3.05, 3.63) is 0 Å². The summed E-state index contributed by atoms with van der Waals surface area (Å²) in [5.41, 5.74) is 14.8. The van der Waals surface area contributed by atoms with E-state index in [0.717, 1.165) is 26.2 Å². The first-order valence-electron chi connectivity index (χ1n) is 5.00. The molecule has 0 aromatic heterocycles. The molecule has 42 heteroatoms. The molecule has 0 aromatic rings. The zero-order valence-electron chi connectivity index (χ0n) is 24.5. The Kier molecular flexibility index (Phi) is 13800. The summed E-state index contributed by atoms with van der Waals surface area (Å²) in [5.74, 6) is 0. The van der Waals surface area contributed by atoms with Gasteiger partial charge in [-0.25, -0.2) is 0 Å². The van der Waals surface area contributed by atoms with Crippen LogP contribution in [0.4, 0.5) is 0 Å². The molecule has 14 N–H and O–H groups in total. The van der Waals surface area contributed by atoms with E-state index in [1.165, 1.54) is 25.7 Å². The Hall–Kier alpha value is 4.56. The van der Waals surface area contributed by atoms with Crippen molar-refractivity contribution in [2.45, 2.75) is 25.7 Å². The van der Waals surface area contributed by atoms with Crippen LogP contribution < -0.4 is 22.9 Å². The van der Waals surface area contributed by atoms with Crippen LogP contribution in [0.5, 0.6) is 0 Å². The largest absolute Gasteiger partial charge is 2.00 e. The minimum Gasteiger partial charge on any atom is -2.00 e. The summed E-state index contributed by atoms with van der Waals surface area (Å²) in [6, 6.07) is 0. The molecule has 0 heterocycles. The van der Waals surface area contributed by atoms with E-state index in [1.807, 2.05) is 0 Å². The smallest absolute Gasteiger partial charge is 0.0742 e. The monoisotopic (exact) mass is 1140 g/mol. The van der Waals surface area contributed by atoms with Crippen molar-refractivity contribution in [3.63, 3.8) is 0 Å². The van der Waals surface area contributed by atoms with E-state index in [1.54, 1.807) is 0 Å². The first-order valence-corrected chi connectivity index (χ1v) is 5.00. The topological polar surface area (TPSA) is 912 Å². The molecule has 0 aromatic carbocycles. The van der Waals surface area contributed by atoms with Gasteiger partial charge in [0.2, 0.25) is 0 Å². The van der Waals surface area contributed by atoms with Crippen molar-refractivity contribution in [3.8, 4) is 0 Å².